The first-order valence-electron chi connectivity index (χ1n) is 25.9. The van der Waals surface area contributed by atoms with E-state index in [9.17, 15) is 0 Å². The highest BCUT2D eigenvalue weighted by molar-refractivity contribution is 6.00. The predicted molar refractivity (Wildman–Crippen MR) is 299 cm³/mol. The van der Waals surface area contributed by atoms with Gasteiger partial charge >= 0.3 is 0 Å². The van der Waals surface area contributed by atoms with E-state index in [0.29, 0.717) is 5.92 Å². The van der Waals surface area contributed by atoms with Crippen molar-refractivity contribution in [2.24, 2.45) is 5.92 Å². The summed E-state index contributed by atoms with van der Waals surface area (Å²) in [5.41, 5.74) is 20.2. The van der Waals surface area contributed by atoms with Gasteiger partial charge in [-0.1, -0.05) is 188 Å². The van der Waals surface area contributed by atoms with Gasteiger partial charge in [-0.25, -0.2) is 0 Å². The Hall–Kier alpha value is -8.40. The number of aryl methyl sites for hydroxylation is 1. The molecule has 3 nitrogen and oxygen atoms in total. The second kappa shape index (κ2) is 17.8. The largest absolute Gasteiger partial charge is 0.469 e. The standard InChI is InChI=1S/C69H54N2O/c1-3-16-49-41-51(31-29-45(49)13-1)47-33-35-55(36-34-47)71(56-21-9-19-52(43-56)59-26-11-18-48-15-5-6-23-58(48)59)57-22-10-20-53(44-57)60-37-38-64(62-25-8-7-24-61(60)62)63-27-12-28-66-65(63)39-40-67-68(66)70-69(72-67)54-32-30-46-14-2-4-17-50(46)42-54/h2-12,14-25,27-38,41-44,59,63,65,69-70H,1,13,26,39-40H2. The van der Waals surface area contributed by atoms with Crippen LogP contribution in [0.2, 0.25) is 0 Å². The molecular weight excluding hydrogens is 873 g/mol. The molecule has 0 fully saturated rings. The summed E-state index contributed by atoms with van der Waals surface area (Å²) in [4.78, 5) is 2.45. The van der Waals surface area contributed by atoms with Gasteiger partial charge in [0.2, 0.25) is 0 Å². The molecule has 4 aliphatic carbocycles. The average Bonchev–Trinajstić information content (AvgIpc) is 3.90. The maximum Gasteiger partial charge on any atom is 0.196 e. The summed E-state index contributed by atoms with van der Waals surface area (Å²) in [6.45, 7) is 0. The lowest BCUT2D eigenvalue weighted by molar-refractivity contribution is 0.121. The predicted octanol–water partition coefficient (Wildman–Crippen LogP) is 17.8. The molecule has 14 rings (SSSR count). The molecule has 1 N–H and O–H groups in total. The Morgan fingerprint density at radius 1 is 0.528 bits per heavy atom. The van der Waals surface area contributed by atoms with E-state index < -0.39 is 0 Å². The second-order valence-corrected chi connectivity index (χ2v) is 20.2. The Morgan fingerprint density at radius 2 is 1.33 bits per heavy atom. The Balaban J connectivity index is 0.806. The van der Waals surface area contributed by atoms with Crippen molar-refractivity contribution in [3.05, 3.63) is 280 Å². The van der Waals surface area contributed by atoms with Crippen molar-refractivity contribution < 1.29 is 4.74 Å². The SMILES string of the molecule is C1=CC(c2ccc(-c3cccc(N(c4ccc(-c5ccc6c(c5)C=CCC6)cc4)c4cccc(C5CC=Cc6ccccc65)c4)c3)c3ccccc23)C2CCC3=C(NC(c4ccc5ccccc5c4)O3)C2=C1. The van der Waals surface area contributed by atoms with Crippen molar-refractivity contribution in [1.82, 2.24) is 5.32 Å². The van der Waals surface area contributed by atoms with Crippen molar-refractivity contribution in [3.63, 3.8) is 0 Å². The molecule has 9 aromatic rings. The van der Waals surface area contributed by atoms with Gasteiger partial charge in [0.1, 0.15) is 5.76 Å². The first-order chi connectivity index (χ1) is 35.7. The normalized spacial score (nSPS) is 19.5. The summed E-state index contributed by atoms with van der Waals surface area (Å²) in [5.74, 6) is 1.96. The summed E-state index contributed by atoms with van der Waals surface area (Å²) < 4.78 is 6.69. The van der Waals surface area contributed by atoms with Crippen LogP contribution in [0.3, 0.4) is 0 Å². The lowest BCUT2D eigenvalue weighted by Gasteiger charge is -2.34. The number of ether oxygens (including phenoxy) is 1. The molecule has 4 unspecified atom stereocenters. The van der Waals surface area contributed by atoms with Crippen LogP contribution in [0.4, 0.5) is 17.1 Å². The summed E-state index contributed by atoms with van der Waals surface area (Å²) >= 11 is 0. The van der Waals surface area contributed by atoms with Crippen LogP contribution < -0.4 is 10.2 Å². The molecule has 0 bridgehead atoms. The van der Waals surface area contributed by atoms with Gasteiger partial charge in [0.15, 0.2) is 6.23 Å². The summed E-state index contributed by atoms with van der Waals surface area (Å²) in [6, 6.07) is 72.5. The minimum Gasteiger partial charge on any atom is -0.469 e. The molecule has 346 valence electrons. The van der Waals surface area contributed by atoms with E-state index in [0.717, 1.165) is 60.5 Å². The van der Waals surface area contributed by atoms with Gasteiger partial charge < -0.3 is 15.0 Å². The monoisotopic (exact) mass is 926 g/mol. The van der Waals surface area contributed by atoms with Gasteiger partial charge in [0.05, 0.1) is 5.70 Å². The van der Waals surface area contributed by atoms with E-state index in [1.807, 2.05) is 0 Å². The van der Waals surface area contributed by atoms with Crippen molar-refractivity contribution in [2.75, 3.05) is 4.90 Å². The molecule has 72 heavy (non-hydrogen) atoms. The zero-order valence-corrected chi connectivity index (χ0v) is 40.2. The lowest BCUT2D eigenvalue weighted by atomic mass is 9.71. The highest BCUT2D eigenvalue weighted by atomic mass is 16.5. The second-order valence-electron chi connectivity index (χ2n) is 20.2. The molecule has 9 aromatic carbocycles. The molecule has 0 saturated carbocycles. The lowest BCUT2D eigenvalue weighted by Crippen LogP contribution is -2.25. The van der Waals surface area contributed by atoms with Gasteiger partial charge in [0.25, 0.3) is 0 Å². The maximum absolute atomic E-state index is 6.69. The van der Waals surface area contributed by atoms with Crippen LogP contribution >= 0.6 is 0 Å². The highest BCUT2D eigenvalue weighted by Crippen LogP contribution is 2.50. The van der Waals surface area contributed by atoms with E-state index >= 15 is 0 Å². The first-order valence-corrected chi connectivity index (χ1v) is 25.9. The third kappa shape index (κ3) is 7.51. The average molecular weight is 927 g/mol. The van der Waals surface area contributed by atoms with Crippen molar-refractivity contribution in [3.8, 4) is 22.3 Å². The van der Waals surface area contributed by atoms with E-state index in [1.165, 1.54) is 88.4 Å². The van der Waals surface area contributed by atoms with Crippen LogP contribution in [0.25, 0.3) is 56.0 Å². The zero-order chi connectivity index (χ0) is 47.5. The number of anilines is 3. The fraction of sp³-hybridized carbons (Fsp3) is 0.130. The van der Waals surface area contributed by atoms with Gasteiger partial charge in [-0.15, -0.1) is 0 Å². The first kappa shape index (κ1) is 42.5. The van der Waals surface area contributed by atoms with Crippen LogP contribution in [0.5, 0.6) is 0 Å². The molecule has 0 radical (unpaired) electrons. The van der Waals surface area contributed by atoms with E-state index in [2.05, 4.69) is 247 Å². The molecule has 3 heteroatoms. The topological polar surface area (TPSA) is 24.5 Å². The molecule has 0 saturated heterocycles. The number of allylic oxidation sites excluding steroid dienone is 7. The number of fused-ring (bicyclic) bond motifs is 6. The van der Waals surface area contributed by atoms with Crippen LogP contribution in [-0.4, -0.2) is 0 Å². The fourth-order valence-corrected chi connectivity index (χ4v) is 12.5. The minimum atomic E-state index is -0.192. The van der Waals surface area contributed by atoms with Gasteiger partial charge in [-0.3, -0.25) is 0 Å². The molecule has 0 spiro atoms. The number of hydrogen-bond donors (Lipinski definition) is 1. The Morgan fingerprint density at radius 3 is 2.26 bits per heavy atom. The van der Waals surface area contributed by atoms with Crippen molar-refractivity contribution in [1.29, 1.82) is 0 Å². The molecule has 1 aliphatic heterocycles. The fourth-order valence-electron chi connectivity index (χ4n) is 12.5. The zero-order valence-electron chi connectivity index (χ0n) is 40.2. The van der Waals surface area contributed by atoms with Crippen molar-refractivity contribution >= 4 is 50.8 Å². The number of benzene rings is 9. The number of hydrogen-bond acceptors (Lipinski definition) is 3. The van der Waals surface area contributed by atoms with Crippen molar-refractivity contribution in [2.45, 2.75) is 50.2 Å². The maximum atomic E-state index is 6.69. The Labute approximate surface area is 422 Å². The molecule has 0 aromatic heterocycles. The van der Waals surface area contributed by atoms with E-state index in [1.54, 1.807) is 0 Å². The van der Waals surface area contributed by atoms with Gasteiger partial charge in [-0.2, -0.15) is 0 Å². The summed E-state index contributed by atoms with van der Waals surface area (Å²) in [7, 11) is 0. The molecule has 1 heterocycles. The van der Waals surface area contributed by atoms with E-state index in [-0.39, 0.29) is 18.1 Å². The highest BCUT2D eigenvalue weighted by Gasteiger charge is 2.39. The summed E-state index contributed by atoms with van der Waals surface area (Å²) in [5, 5.41) is 8.90. The minimum absolute atomic E-state index is 0.192. The third-order valence-corrected chi connectivity index (χ3v) is 16.1. The Kier molecular flexibility index (Phi) is 10.5. The van der Waals surface area contributed by atoms with Gasteiger partial charge in [-0.05, 0) is 163 Å². The Bertz CT molecular complexity index is 3770. The molecule has 0 amide bonds. The van der Waals surface area contributed by atoms with Gasteiger partial charge in [0, 0.05) is 40.9 Å². The van der Waals surface area contributed by atoms with Crippen LogP contribution in [0.15, 0.2) is 242 Å². The third-order valence-electron chi connectivity index (χ3n) is 16.1. The quantitative estimate of drug-likeness (QED) is 0.164. The van der Waals surface area contributed by atoms with E-state index in [4.69, 9.17) is 4.74 Å². The van der Waals surface area contributed by atoms with Crippen LogP contribution in [0.1, 0.15) is 82.7 Å². The molecular formula is C69H54N2O. The summed E-state index contributed by atoms with van der Waals surface area (Å²) in [6.07, 6.45) is 21.2. The molecule has 5 aliphatic rings. The van der Waals surface area contributed by atoms with Crippen LogP contribution in [0, 0.1) is 5.92 Å². The smallest absolute Gasteiger partial charge is 0.196 e. The van der Waals surface area contributed by atoms with Crippen LogP contribution in [-0.2, 0) is 11.2 Å². The number of nitrogens with one attached hydrogen (secondary N) is 1. The number of nitrogens with zero attached hydrogens (tertiary/aromatic N) is 1. The number of rotatable bonds is 8. The molecule has 4 atom stereocenters.